The van der Waals surface area contributed by atoms with E-state index >= 15 is 0 Å². The molecule has 6 heteroatoms. The summed E-state index contributed by atoms with van der Waals surface area (Å²) in [7, 11) is 0. The molecule has 0 bridgehead atoms. The third-order valence-corrected chi connectivity index (χ3v) is 3.85. The van der Waals surface area contributed by atoms with Crippen LogP contribution >= 0.6 is 0 Å². The van der Waals surface area contributed by atoms with Crippen LogP contribution in [-0.4, -0.2) is 42.2 Å². The van der Waals surface area contributed by atoms with Crippen LogP contribution in [0.25, 0.3) is 0 Å². The molecule has 1 aliphatic carbocycles. The van der Waals surface area contributed by atoms with Gasteiger partial charge in [0.05, 0.1) is 18.7 Å². The van der Waals surface area contributed by atoms with Crippen molar-refractivity contribution in [3.63, 3.8) is 0 Å². The van der Waals surface area contributed by atoms with Crippen LogP contribution in [-0.2, 0) is 9.59 Å². The summed E-state index contributed by atoms with van der Waals surface area (Å²) in [6.45, 7) is 4.30. The van der Waals surface area contributed by atoms with E-state index in [0.29, 0.717) is 12.5 Å². The molecule has 0 aliphatic heterocycles. The van der Waals surface area contributed by atoms with Gasteiger partial charge in [0, 0.05) is 6.54 Å². The molecule has 0 spiro atoms. The second kappa shape index (κ2) is 8.21. The van der Waals surface area contributed by atoms with Crippen molar-refractivity contribution in [3.8, 4) is 0 Å². The molecule has 1 aliphatic rings. The minimum atomic E-state index is -0.581. The minimum absolute atomic E-state index is 0.0331. The summed E-state index contributed by atoms with van der Waals surface area (Å²) in [5.41, 5.74) is 5.68. The molecule has 0 heterocycles. The number of nitrogens with two attached hydrogens (primary N) is 1. The molecule has 1 rings (SSSR count). The quantitative estimate of drug-likeness (QED) is 0.540. The average Bonchev–Trinajstić information content (AvgIpc) is 2.43. The first-order chi connectivity index (χ1) is 9.40. The molecule has 0 aromatic rings. The second-order valence-corrected chi connectivity index (χ2v) is 5.97. The van der Waals surface area contributed by atoms with E-state index in [1.807, 2.05) is 13.8 Å². The molecule has 6 nitrogen and oxygen atoms in total. The molecule has 1 saturated carbocycles. The standard InChI is InChI=1S/C14H27N3O3/c1-9(2)13(15)14(20)17-8-12(19)16-7-10-3-5-11(18)6-4-10/h9-11,13,18H,3-8,15H2,1-2H3,(H,16,19)(H,17,20)/t10?,11?,13-/m0/s1. The molecule has 1 fully saturated rings. The van der Waals surface area contributed by atoms with Crippen LogP contribution in [0.4, 0.5) is 0 Å². The maximum absolute atomic E-state index is 11.6. The number of aliphatic hydroxyl groups is 1. The highest BCUT2D eigenvalue weighted by Gasteiger charge is 2.20. The van der Waals surface area contributed by atoms with Crippen LogP contribution in [0.3, 0.4) is 0 Å². The number of hydrogen-bond acceptors (Lipinski definition) is 4. The van der Waals surface area contributed by atoms with Gasteiger partial charge in [0.15, 0.2) is 0 Å². The van der Waals surface area contributed by atoms with Crippen molar-refractivity contribution in [2.24, 2.45) is 17.6 Å². The molecular formula is C14H27N3O3. The Morgan fingerprint density at radius 2 is 1.80 bits per heavy atom. The van der Waals surface area contributed by atoms with Crippen LogP contribution in [0.2, 0.25) is 0 Å². The van der Waals surface area contributed by atoms with Crippen molar-refractivity contribution in [1.82, 2.24) is 10.6 Å². The van der Waals surface area contributed by atoms with E-state index < -0.39 is 6.04 Å². The fourth-order valence-corrected chi connectivity index (χ4v) is 2.26. The largest absolute Gasteiger partial charge is 0.393 e. The van der Waals surface area contributed by atoms with Crippen LogP contribution < -0.4 is 16.4 Å². The van der Waals surface area contributed by atoms with Crippen molar-refractivity contribution in [2.45, 2.75) is 51.7 Å². The Labute approximate surface area is 120 Å². The Morgan fingerprint density at radius 3 is 2.35 bits per heavy atom. The van der Waals surface area contributed by atoms with Crippen molar-refractivity contribution >= 4 is 11.8 Å². The molecule has 0 aromatic carbocycles. The van der Waals surface area contributed by atoms with Gasteiger partial charge < -0.3 is 21.5 Å². The minimum Gasteiger partial charge on any atom is -0.393 e. The molecule has 5 N–H and O–H groups in total. The smallest absolute Gasteiger partial charge is 0.239 e. The van der Waals surface area contributed by atoms with Crippen LogP contribution in [0.1, 0.15) is 39.5 Å². The molecule has 1 atom stereocenters. The Morgan fingerprint density at radius 1 is 1.20 bits per heavy atom. The Kier molecular flexibility index (Phi) is 6.95. The van der Waals surface area contributed by atoms with E-state index in [9.17, 15) is 14.7 Å². The summed E-state index contributed by atoms with van der Waals surface area (Å²) in [5.74, 6) is -0.0148. The first-order valence-electron chi connectivity index (χ1n) is 7.38. The summed E-state index contributed by atoms with van der Waals surface area (Å²) >= 11 is 0. The molecular weight excluding hydrogens is 258 g/mol. The van der Waals surface area contributed by atoms with E-state index in [1.165, 1.54) is 0 Å². The van der Waals surface area contributed by atoms with Crippen molar-refractivity contribution < 1.29 is 14.7 Å². The van der Waals surface area contributed by atoms with Crippen LogP contribution in [0.15, 0.2) is 0 Å². The lowest BCUT2D eigenvalue weighted by atomic mass is 9.87. The zero-order valence-corrected chi connectivity index (χ0v) is 12.4. The monoisotopic (exact) mass is 285 g/mol. The topological polar surface area (TPSA) is 104 Å². The summed E-state index contributed by atoms with van der Waals surface area (Å²) in [6, 6.07) is -0.581. The van der Waals surface area contributed by atoms with Crippen molar-refractivity contribution in [3.05, 3.63) is 0 Å². The molecule has 20 heavy (non-hydrogen) atoms. The molecule has 0 unspecified atom stereocenters. The van der Waals surface area contributed by atoms with Gasteiger partial charge in [-0.15, -0.1) is 0 Å². The predicted molar refractivity (Wildman–Crippen MR) is 76.8 cm³/mol. The molecule has 0 radical (unpaired) electrons. The third kappa shape index (κ3) is 5.88. The number of rotatable bonds is 6. The summed E-state index contributed by atoms with van der Waals surface area (Å²) < 4.78 is 0. The van der Waals surface area contributed by atoms with Gasteiger partial charge >= 0.3 is 0 Å². The highest BCUT2D eigenvalue weighted by atomic mass is 16.3. The first kappa shape index (κ1) is 16.9. The number of carbonyl (C=O) groups excluding carboxylic acids is 2. The SMILES string of the molecule is CC(C)[C@H](N)C(=O)NCC(=O)NCC1CCC(O)CC1. The Bertz CT molecular complexity index is 326. The highest BCUT2D eigenvalue weighted by Crippen LogP contribution is 2.23. The first-order valence-corrected chi connectivity index (χ1v) is 7.38. The maximum Gasteiger partial charge on any atom is 0.239 e. The summed E-state index contributed by atoms with van der Waals surface area (Å²) in [4.78, 5) is 23.2. The van der Waals surface area contributed by atoms with Crippen LogP contribution in [0, 0.1) is 11.8 Å². The Balaban J connectivity index is 2.16. The van der Waals surface area contributed by atoms with Gasteiger partial charge in [-0.3, -0.25) is 9.59 Å². The molecule has 0 aromatic heterocycles. The van der Waals surface area contributed by atoms with E-state index in [2.05, 4.69) is 10.6 Å². The summed E-state index contributed by atoms with van der Waals surface area (Å²) in [5, 5.41) is 14.8. The number of amides is 2. The Hall–Kier alpha value is -1.14. The number of hydrogen-bond donors (Lipinski definition) is 4. The lowest BCUT2D eigenvalue weighted by Crippen LogP contribution is -2.47. The zero-order valence-electron chi connectivity index (χ0n) is 12.4. The van der Waals surface area contributed by atoms with Gasteiger partial charge in [0.25, 0.3) is 0 Å². The molecule has 0 saturated heterocycles. The number of carbonyl (C=O) groups is 2. The van der Waals surface area contributed by atoms with Gasteiger partial charge in [0.2, 0.25) is 11.8 Å². The lowest BCUT2D eigenvalue weighted by molar-refractivity contribution is -0.127. The van der Waals surface area contributed by atoms with Gasteiger partial charge in [-0.05, 0) is 37.5 Å². The van der Waals surface area contributed by atoms with Crippen molar-refractivity contribution in [2.75, 3.05) is 13.1 Å². The normalized spacial score (nSPS) is 24.2. The average molecular weight is 285 g/mol. The van der Waals surface area contributed by atoms with Gasteiger partial charge in [-0.25, -0.2) is 0 Å². The predicted octanol–water partition coefficient (Wildman–Crippen LogP) is -0.247. The van der Waals surface area contributed by atoms with E-state index in [-0.39, 0.29) is 30.4 Å². The number of nitrogens with one attached hydrogen (secondary N) is 2. The van der Waals surface area contributed by atoms with Gasteiger partial charge in [-0.2, -0.15) is 0 Å². The van der Waals surface area contributed by atoms with E-state index in [1.54, 1.807) is 0 Å². The fraction of sp³-hybridized carbons (Fsp3) is 0.857. The maximum atomic E-state index is 11.6. The third-order valence-electron chi connectivity index (χ3n) is 3.85. The number of aliphatic hydroxyl groups excluding tert-OH is 1. The van der Waals surface area contributed by atoms with E-state index in [0.717, 1.165) is 25.7 Å². The highest BCUT2D eigenvalue weighted by molar-refractivity contribution is 5.87. The molecule has 2 amide bonds. The van der Waals surface area contributed by atoms with Gasteiger partial charge in [-0.1, -0.05) is 13.8 Å². The van der Waals surface area contributed by atoms with Gasteiger partial charge in [0.1, 0.15) is 0 Å². The lowest BCUT2D eigenvalue weighted by Gasteiger charge is -2.25. The van der Waals surface area contributed by atoms with Crippen LogP contribution in [0.5, 0.6) is 0 Å². The fourth-order valence-electron chi connectivity index (χ4n) is 2.26. The van der Waals surface area contributed by atoms with Crippen molar-refractivity contribution in [1.29, 1.82) is 0 Å². The second-order valence-electron chi connectivity index (χ2n) is 5.97. The summed E-state index contributed by atoms with van der Waals surface area (Å²) in [6.07, 6.45) is 3.30. The zero-order chi connectivity index (χ0) is 15.1. The van der Waals surface area contributed by atoms with E-state index in [4.69, 9.17) is 5.73 Å². The molecule has 116 valence electrons.